The Bertz CT molecular complexity index is 839. The molecular weight excluding hydrogens is 380 g/mol. The molecule has 2 aromatic heterocycles. The van der Waals surface area contributed by atoms with Gasteiger partial charge in [0, 0.05) is 38.6 Å². The summed E-state index contributed by atoms with van der Waals surface area (Å²) >= 11 is 4.99. The van der Waals surface area contributed by atoms with Gasteiger partial charge in [0.25, 0.3) is 0 Å². The zero-order valence-corrected chi connectivity index (χ0v) is 18.2. The van der Waals surface area contributed by atoms with Gasteiger partial charge in [-0.15, -0.1) is 0 Å². The van der Waals surface area contributed by atoms with Gasteiger partial charge >= 0.3 is 0 Å². The van der Waals surface area contributed by atoms with Crippen LogP contribution in [0.5, 0.6) is 0 Å². The lowest BCUT2D eigenvalue weighted by molar-refractivity contribution is 0.216. The maximum Gasteiger partial charge on any atom is 0.198 e. The van der Waals surface area contributed by atoms with Crippen LogP contribution in [-0.2, 0) is 6.42 Å². The van der Waals surface area contributed by atoms with E-state index in [0.29, 0.717) is 10.8 Å². The molecule has 2 aliphatic heterocycles. The lowest BCUT2D eigenvalue weighted by Gasteiger charge is -2.33. The number of aromatic nitrogens is 3. The van der Waals surface area contributed by atoms with Crippen molar-refractivity contribution >= 4 is 18.0 Å². The molecule has 29 heavy (non-hydrogen) atoms. The first-order valence-corrected chi connectivity index (χ1v) is 11.3. The number of nitrogens with one attached hydrogen (secondary N) is 1. The Labute approximate surface area is 179 Å². The first kappa shape index (κ1) is 20.4. The van der Waals surface area contributed by atoms with Crippen LogP contribution in [0.4, 0.5) is 5.82 Å². The minimum absolute atomic E-state index is 0.557. The van der Waals surface area contributed by atoms with Crippen LogP contribution in [0.2, 0.25) is 0 Å². The Morgan fingerprint density at radius 3 is 2.52 bits per heavy atom. The quantitative estimate of drug-likeness (QED) is 0.763. The molecule has 1 N–H and O–H groups in total. The number of H-pyrrole nitrogens is 1. The smallest absolute Gasteiger partial charge is 0.198 e. The summed E-state index contributed by atoms with van der Waals surface area (Å²) in [6.45, 7) is 6.85. The maximum absolute atomic E-state index is 4.99. The molecule has 6 nitrogen and oxygen atoms in total. The highest BCUT2D eigenvalue weighted by Crippen LogP contribution is 2.34. The second kappa shape index (κ2) is 9.78. The molecule has 4 heterocycles. The zero-order chi connectivity index (χ0) is 20.1. The van der Waals surface area contributed by atoms with E-state index in [0.717, 1.165) is 32.0 Å². The monoisotopic (exact) mass is 412 g/mol. The van der Waals surface area contributed by atoms with Crippen molar-refractivity contribution in [2.75, 3.05) is 51.2 Å². The topological polar surface area (TPSA) is 51.3 Å². The van der Waals surface area contributed by atoms with Gasteiger partial charge < -0.3 is 14.8 Å². The molecule has 0 aromatic carbocycles. The molecule has 156 valence electrons. The van der Waals surface area contributed by atoms with Crippen molar-refractivity contribution < 1.29 is 0 Å². The zero-order valence-electron chi connectivity index (χ0n) is 17.4. The van der Waals surface area contributed by atoms with E-state index in [4.69, 9.17) is 12.2 Å². The predicted molar refractivity (Wildman–Crippen MR) is 120 cm³/mol. The average Bonchev–Trinajstić information content (AvgIpc) is 3.29. The van der Waals surface area contributed by atoms with Crippen molar-refractivity contribution in [3.63, 3.8) is 0 Å². The van der Waals surface area contributed by atoms with E-state index in [1.807, 2.05) is 12.3 Å². The van der Waals surface area contributed by atoms with E-state index < -0.39 is 0 Å². The Balaban J connectivity index is 0.000000142. The van der Waals surface area contributed by atoms with E-state index in [9.17, 15) is 0 Å². The normalized spacial score (nSPS) is 22.7. The summed E-state index contributed by atoms with van der Waals surface area (Å²) in [6, 6.07) is 6.93. The van der Waals surface area contributed by atoms with Gasteiger partial charge in [-0.1, -0.05) is 6.07 Å². The highest BCUT2D eigenvalue weighted by atomic mass is 32.1. The fourth-order valence-electron chi connectivity index (χ4n) is 4.58. The van der Waals surface area contributed by atoms with Gasteiger partial charge in [0.1, 0.15) is 5.82 Å². The Morgan fingerprint density at radius 1 is 0.966 bits per heavy atom. The van der Waals surface area contributed by atoms with Gasteiger partial charge in [-0.3, -0.25) is 9.88 Å². The fraction of sp³-hybridized carbons (Fsp3) is 0.591. The molecule has 2 saturated heterocycles. The van der Waals surface area contributed by atoms with Crippen LogP contribution in [0.15, 0.2) is 30.6 Å². The maximum atomic E-state index is 4.99. The van der Waals surface area contributed by atoms with Crippen molar-refractivity contribution in [2.24, 2.45) is 0 Å². The Hall–Kier alpha value is -1.83. The van der Waals surface area contributed by atoms with Crippen LogP contribution in [-0.4, -0.2) is 71.1 Å². The Morgan fingerprint density at radius 2 is 1.76 bits per heavy atom. The number of hydrogen-bond donors (Lipinski definition) is 1. The highest BCUT2D eigenvalue weighted by Gasteiger charge is 2.28. The number of hydrogen-bond acceptors (Lipinski definition) is 6. The van der Waals surface area contributed by atoms with Gasteiger partial charge in [0.05, 0.1) is 11.7 Å². The van der Waals surface area contributed by atoms with Crippen molar-refractivity contribution in [3.05, 3.63) is 46.6 Å². The van der Waals surface area contributed by atoms with Crippen LogP contribution in [0.25, 0.3) is 0 Å². The Kier molecular flexibility index (Phi) is 6.90. The van der Waals surface area contributed by atoms with E-state index in [1.54, 1.807) is 6.20 Å². The number of aryl methyl sites for hydroxylation is 1. The third-order valence-electron chi connectivity index (χ3n) is 6.25. The lowest BCUT2D eigenvalue weighted by Crippen LogP contribution is -2.44. The minimum atomic E-state index is 0.557. The molecule has 0 spiro atoms. The third-order valence-corrected chi connectivity index (χ3v) is 6.46. The molecule has 7 heteroatoms. The molecule has 0 saturated carbocycles. The van der Waals surface area contributed by atoms with Crippen molar-refractivity contribution in [1.29, 1.82) is 0 Å². The van der Waals surface area contributed by atoms with Crippen molar-refractivity contribution in [1.82, 2.24) is 24.8 Å². The number of pyridine rings is 1. The number of nitrogens with zero attached hydrogens (tertiary/aromatic N) is 5. The summed E-state index contributed by atoms with van der Waals surface area (Å²) in [5.74, 6) is 1.08. The number of likely N-dealkylation sites (N-methyl/N-ethyl adjacent to an activating group) is 1. The van der Waals surface area contributed by atoms with Gasteiger partial charge in [-0.05, 0) is 82.2 Å². The second-order valence-electron chi connectivity index (χ2n) is 8.25. The number of likely N-dealkylation sites (tertiary alicyclic amines) is 1. The number of rotatable bonds is 2. The van der Waals surface area contributed by atoms with Crippen molar-refractivity contribution in [2.45, 2.75) is 38.1 Å². The first-order chi connectivity index (χ1) is 14.2. The predicted octanol–water partition coefficient (Wildman–Crippen LogP) is 3.45. The molecule has 3 aliphatic rings. The third kappa shape index (κ3) is 5.21. The van der Waals surface area contributed by atoms with Gasteiger partial charge in [0.2, 0.25) is 0 Å². The molecule has 2 fully saturated rings. The molecular formula is C22H32N6S. The van der Waals surface area contributed by atoms with Gasteiger partial charge in [-0.2, -0.15) is 0 Å². The van der Waals surface area contributed by atoms with Gasteiger partial charge in [0.15, 0.2) is 4.77 Å². The number of anilines is 1. The summed E-state index contributed by atoms with van der Waals surface area (Å²) in [5, 5.41) is 0. The molecule has 1 aliphatic carbocycles. The highest BCUT2D eigenvalue weighted by molar-refractivity contribution is 7.71. The van der Waals surface area contributed by atoms with Crippen LogP contribution in [0.3, 0.4) is 0 Å². The molecule has 0 radical (unpaired) electrons. The summed E-state index contributed by atoms with van der Waals surface area (Å²) < 4.78 is 0.557. The minimum Gasteiger partial charge on any atom is -0.356 e. The molecule has 0 unspecified atom stereocenters. The van der Waals surface area contributed by atoms with Crippen LogP contribution in [0.1, 0.15) is 43.0 Å². The average molecular weight is 413 g/mol. The SMILES string of the molecule is CN1CCN(c2ccnc(=S)[nH]2)CC1.c1cnc2c(c1)CCC[C@H]2N1CCCC1. The molecule has 5 rings (SSSR count). The molecule has 0 bridgehead atoms. The molecule has 2 aromatic rings. The van der Waals surface area contributed by atoms with Crippen LogP contribution in [0, 0.1) is 4.77 Å². The van der Waals surface area contributed by atoms with E-state index in [2.05, 4.69) is 48.8 Å². The second-order valence-corrected chi connectivity index (χ2v) is 8.64. The number of aromatic amines is 1. The van der Waals surface area contributed by atoms with Crippen LogP contribution >= 0.6 is 12.2 Å². The number of fused-ring (bicyclic) bond motifs is 1. The van der Waals surface area contributed by atoms with E-state index >= 15 is 0 Å². The first-order valence-electron chi connectivity index (χ1n) is 10.9. The summed E-state index contributed by atoms with van der Waals surface area (Å²) in [6.07, 6.45) is 10.3. The van der Waals surface area contributed by atoms with Crippen LogP contribution < -0.4 is 4.90 Å². The fourth-order valence-corrected chi connectivity index (χ4v) is 4.75. The lowest BCUT2D eigenvalue weighted by atomic mass is 9.91. The molecule has 1 atom stereocenters. The van der Waals surface area contributed by atoms with E-state index in [1.165, 1.54) is 56.5 Å². The van der Waals surface area contributed by atoms with Gasteiger partial charge in [-0.25, -0.2) is 4.98 Å². The number of piperazine rings is 1. The summed E-state index contributed by atoms with van der Waals surface area (Å²) in [7, 11) is 2.14. The van der Waals surface area contributed by atoms with Crippen molar-refractivity contribution in [3.8, 4) is 0 Å². The van der Waals surface area contributed by atoms with E-state index in [-0.39, 0.29) is 0 Å². The standard InChI is InChI=1S/C13H18N2.C9H14N4S/c1-2-10-15(9-1)12-7-3-5-11-6-4-8-14-13(11)12;1-12-4-6-13(7-5-12)8-2-3-10-9(14)11-8/h4,6,8,12H,1-3,5,7,9-10H2;2-3H,4-7H2,1H3,(H,10,11,14)/t12-;/m1./s1. The molecule has 0 amide bonds. The summed E-state index contributed by atoms with van der Waals surface area (Å²) in [4.78, 5) is 18.9. The largest absolute Gasteiger partial charge is 0.356 e. The summed E-state index contributed by atoms with van der Waals surface area (Å²) in [5.41, 5.74) is 2.85.